The highest BCUT2D eigenvalue weighted by atomic mass is 79.9. The van der Waals surface area contributed by atoms with E-state index in [0.717, 1.165) is 39.3 Å². The highest BCUT2D eigenvalue weighted by molar-refractivity contribution is 9.10. The predicted molar refractivity (Wildman–Crippen MR) is 88.5 cm³/mol. The van der Waals surface area contributed by atoms with Crippen molar-refractivity contribution in [2.75, 3.05) is 0 Å². The van der Waals surface area contributed by atoms with E-state index in [1.807, 2.05) is 37.6 Å². The number of nitrogens with two attached hydrogens (primary N) is 1. The number of aryl methyl sites for hydroxylation is 3. The number of halogens is 1. The molecule has 0 aliphatic rings. The lowest BCUT2D eigenvalue weighted by Gasteiger charge is -2.15. The zero-order valence-electron chi connectivity index (χ0n) is 13.0. The maximum absolute atomic E-state index is 6.03. The molecule has 0 aliphatic carbocycles. The van der Waals surface area contributed by atoms with Crippen LogP contribution in [0.3, 0.4) is 0 Å². The summed E-state index contributed by atoms with van der Waals surface area (Å²) < 4.78 is 9.00. The Morgan fingerprint density at radius 1 is 1.38 bits per heavy atom. The van der Waals surface area contributed by atoms with Gasteiger partial charge < -0.3 is 10.5 Å². The largest absolute Gasteiger partial charge is 0.487 e. The summed E-state index contributed by atoms with van der Waals surface area (Å²) >= 11 is 3.59. The second-order valence-electron chi connectivity index (χ2n) is 5.28. The van der Waals surface area contributed by atoms with Crippen molar-refractivity contribution in [3.8, 4) is 5.75 Å². The first kappa shape index (κ1) is 16.0. The van der Waals surface area contributed by atoms with Gasteiger partial charge in [-0.2, -0.15) is 5.10 Å². The Morgan fingerprint density at radius 2 is 2.10 bits per heavy atom. The topological polar surface area (TPSA) is 53.1 Å². The minimum atomic E-state index is -0.0538. The Hall–Kier alpha value is -1.33. The average molecular weight is 352 g/mol. The van der Waals surface area contributed by atoms with E-state index in [-0.39, 0.29) is 6.04 Å². The van der Waals surface area contributed by atoms with E-state index < -0.39 is 0 Å². The molecule has 0 spiro atoms. The fourth-order valence-electron chi connectivity index (χ4n) is 2.30. The molecule has 2 aromatic rings. The van der Waals surface area contributed by atoms with Crippen molar-refractivity contribution in [3.05, 3.63) is 45.2 Å². The summed E-state index contributed by atoms with van der Waals surface area (Å²) in [5, 5.41) is 4.48. The summed E-state index contributed by atoms with van der Waals surface area (Å²) in [6, 6.07) is 6.07. The van der Waals surface area contributed by atoms with Crippen LogP contribution in [0.2, 0.25) is 0 Å². The van der Waals surface area contributed by atoms with Crippen LogP contribution in [0.25, 0.3) is 0 Å². The smallest absolute Gasteiger partial charge is 0.131 e. The molecule has 0 saturated heterocycles. The molecule has 0 unspecified atom stereocenters. The van der Waals surface area contributed by atoms with Crippen LogP contribution in [0.15, 0.2) is 22.7 Å². The molecular weight excluding hydrogens is 330 g/mol. The van der Waals surface area contributed by atoms with Crippen molar-refractivity contribution in [1.29, 1.82) is 0 Å². The van der Waals surface area contributed by atoms with Crippen LogP contribution in [-0.4, -0.2) is 9.78 Å². The third-order valence-corrected chi connectivity index (χ3v) is 4.51. The van der Waals surface area contributed by atoms with Crippen LogP contribution < -0.4 is 10.5 Å². The third-order valence-electron chi connectivity index (χ3n) is 3.48. The Balaban J connectivity index is 2.26. The molecule has 21 heavy (non-hydrogen) atoms. The SMILES string of the molecule is CCn1nc(C)c(Br)c1COc1cc(C)ccc1[C@@H](C)N. The van der Waals surface area contributed by atoms with Crippen molar-refractivity contribution >= 4 is 15.9 Å². The van der Waals surface area contributed by atoms with E-state index in [4.69, 9.17) is 10.5 Å². The molecule has 1 heterocycles. The lowest BCUT2D eigenvalue weighted by molar-refractivity contribution is 0.287. The van der Waals surface area contributed by atoms with Gasteiger partial charge in [-0.05, 0) is 55.3 Å². The zero-order chi connectivity index (χ0) is 15.6. The van der Waals surface area contributed by atoms with E-state index in [2.05, 4.69) is 34.0 Å². The van der Waals surface area contributed by atoms with Gasteiger partial charge in [-0.1, -0.05) is 12.1 Å². The molecule has 0 amide bonds. The van der Waals surface area contributed by atoms with Gasteiger partial charge in [-0.3, -0.25) is 4.68 Å². The van der Waals surface area contributed by atoms with Gasteiger partial charge in [0.25, 0.3) is 0 Å². The van der Waals surface area contributed by atoms with E-state index in [1.54, 1.807) is 0 Å². The number of ether oxygens (including phenoxy) is 1. The number of aromatic nitrogens is 2. The highest BCUT2D eigenvalue weighted by Gasteiger charge is 2.14. The number of hydrogen-bond acceptors (Lipinski definition) is 3. The monoisotopic (exact) mass is 351 g/mol. The molecule has 2 N–H and O–H groups in total. The Labute approximate surface area is 134 Å². The van der Waals surface area contributed by atoms with E-state index >= 15 is 0 Å². The second-order valence-corrected chi connectivity index (χ2v) is 6.07. The number of benzene rings is 1. The first-order valence-electron chi connectivity index (χ1n) is 7.14. The van der Waals surface area contributed by atoms with E-state index in [9.17, 15) is 0 Å². The number of hydrogen-bond donors (Lipinski definition) is 1. The summed E-state index contributed by atoms with van der Waals surface area (Å²) in [6.07, 6.45) is 0. The molecule has 0 bridgehead atoms. The van der Waals surface area contributed by atoms with Gasteiger partial charge in [-0.25, -0.2) is 0 Å². The first-order valence-corrected chi connectivity index (χ1v) is 7.94. The van der Waals surface area contributed by atoms with Gasteiger partial charge in [0.05, 0.1) is 15.9 Å². The van der Waals surface area contributed by atoms with Crippen LogP contribution in [0.1, 0.15) is 42.4 Å². The minimum Gasteiger partial charge on any atom is -0.487 e. The molecule has 1 aromatic carbocycles. The average Bonchev–Trinajstić information content (AvgIpc) is 2.71. The van der Waals surface area contributed by atoms with E-state index in [1.165, 1.54) is 0 Å². The standard InChI is InChI=1S/C16H22BrN3O/c1-5-20-14(16(17)12(4)19-20)9-21-15-8-10(2)6-7-13(15)11(3)18/h6-8,11H,5,9,18H2,1-4H3/t11-/m1/s1. The van der Waals surface area contributed by atoms with Gasteiger partial charge in [0.15, 0.2) is 0 Å². The van der Waals surface area contributed by atoms with Crippen molar-refractivity contribution in [1.82, 2.24) is 9.78 Å². The van der Waals surface area contributed by atoms with Crippen LogP contribution in [0, 0.1) is 13.8 Å². The fraction of sp³-hybridized carbons (Fsp3) is 0.438. The summed E-state index contributed by atoms with van der Waals surface area (Å²) in [7, 11) is 0. The molecule has 1 atom stereocenters. The fourth-order valence-corrected chi connectivity index (χ4v) is 2.69. The predicted octanol–water partition coefficient (Wildman–Crippen LogP) is 3.88. The summed E-state index contributed by atoms with van der Waals surface area (Å²) in [5.74, 6) is 0.846. The Bertz CT molecular complexity index is 635. The molecule has 1 aromatic heterocycles. The quantitative estimate of drug-likeness (QED) is 0.889. The van der Waals surface area contributed by atoms with Crippen molar-refractivity contribution in [2.24, 2.45) is 5.73 Å². The molecule has 5 heteroatoms. The van der Waals surface area contributed by atoms with Crippen LogP contribution in [-0.2, 0) is 13.2 Å². The molecule has 0 saturated carbocycles. The van der Waals surface area contributed by atoms with Crippen molar-refractivity contribution in [2.45, 2.75) is 46.9 Å². The van der Waals surface area contributed by atoms with E-state index in [0.29, 0.717) is 6.61 Å². The minimum absolute atomic E-state index is 0.0538. The Morgan fingerprint density at radius 3 is 2.71 bits per heavy atom. The summed E-state index contributed by atoms with van der Waals surface area (Å²) in [4.78, 5) is 0. The molecule has 4 nitrogen and oxygen atoms in total. The molecule has 0 aliphatic heterocycles. The molecule has 114 valence electrons. The van der Waals surface area contributed by atoms with Gasteiger partial charge in [0.2, 0.25) is 0 Å². The lowest BCUT2D eigenvalue weighted by atomic mass is 10.1. The summed E-state index contributed by atoms with van der Waals surface area (Å²) in [5.41, 5.74) is 10.2. The van der Waals surface area contributed by atoms with Crippen LogP contribution in [0.5, 0.6) is 5.75 Å². The number of nitrogens with zero attached hydrogens (tertiary/aromatic N) is 2. The third kappa shape index (κ3) is 3.47. The Kier molecular flexibility index (Phi) is 5.06. The van der Waals surface area contributed by atoms with Crippen molar-refractivity contribution in [3.63, 3.8) is 0 Å². The van der Waals surface area contributed by atoms with Crippen LogP contribution in [0.4, 0.5) is 0 Å². The van der Waals surface area contributed by atoms with Crippen LogP contribution >= 0.6 is 15.9 Å². The van der Waals surface area contributed by atoms with Gasteiger partial charge in [-0.15, -0.1) is 0 Å². The highest BCUT2D eigenvalue weighted by Crippen LogP contribution is 2.28. The van der Waals surface area contributed by atoms with Crippen molar-refractivity contribution < 1.29 is 4.74 Å². The number of rotatable bonds is 5. The molecule has 0 fully saturated rings. The molecular formula is C16H22BrN3O. The lowest BCUT2D eigenvalue weighted by Crippen LogP contribution is -2.10. The zero-order valence-corrected chi connectivity index (χ0v) is 14.6. The maximum atomic E-state index is 6.03. The van der Waals surface area contributed by atoms with Gasteiger partial charge in [0, 0.05) is 18.2 Å². The first-order chi connectivity index (χ1) is 9.93. The second kappa shape index (κ2) is 6.62. The summed E-state index contributed by atoms with van der Waals surface area (Å²) in [6.45, 7) is 9.36. The molecule has 0 radical (unpaired) electrons. The van der Waals surface area contributed by atoms with Gasteiger partial charge >= 0.3 is 0 Å². The molecule has 2 rings (SSSR count). The van der Waals surface area contributed by atoms with Gasteiger partial charge in [0.1, 0.15) is 12.4 Å². The maximum Gasteiger partial charge on any atom is 0.131 e. The normalized spacial score (nSPS) is 12.5.